The first kappa shape index (κ1) is 17.6. The second-order valence-corrected chi connectivity index (χ2v) is 4.96. The molecule has 0 spiro atoms. The number of para-hydroxylation sites is 1. The van der Waals surface area contributed by atoms with Crippen LogP contribution in [0.25, 0.3) is 5.69 Å². The minimum absolute atomic E-state index is 0.0396. The minimum atomic E-state index is -4.99. The second kappa shape index (κ2) is 6.38. The molecule has 0 saturated heterocycles. The van der Waals surface area contributed by atoms with Crippen molar-refractivity contribution in [3.05, 3.63) is 46.1 Å². The lowest BCUT2D eigenvalue weighted by Gasteiger charge is -2.11. The number of amides is 1. The first-order valence-corrected chi connectivity index (χ1v) is 6.81. The van der Waals surface area contributed by atoms with Crippen LogP contribution in [0.4, 0.5) is 23.2 Å². The third-order valence-electron chi connectivity index (χ3n) is 3.41. The average Bonchev–Trinajstić information content (AvgIpc) is 2.70. The Labute approximate surface area is 133 Å². The highest BCUT2D eigenvalue weighted by atomic mass is 19.4. The van der Waals surface area contributed by atoms with Crippen LogP contribution in [0.15, 0.2) is 29.1 Å². The van der Waals surface area contributed by atoms with Crippen molar-refractivity contribution in [3.63, 3.8) is 0 Å². The van der Waals surface area contributed by atoms with Crippen LogP contribution in [0.3, 0.4) is 0 Å². The normalized spacial score (nSPS) is 11.5. The van der Waals surface area contributed by atoms with E-state index in [1.54, 1.807) is 5.32 Å². The molecule has 130 valence electrons. The van der Waals surface area contributed by atoms with E-state index >= 15 is 0 Å². The lowest BCUT2D eigenvalue weighted by Crippen LogP contribution is -2.38. The second-order valence-electron chi connectivity index (χ2n) is 4.96. The standard InChI is InChI=1S/C14H14F4N4O2/c1-21-10(6-7-20-13(24)14(16,17)18)11(19)12(23)22(21)9-5-3-2-4-8(9)15/h2-5H,6-7,19H2,1H3,(H,20,24). The van der Waals surface area contributed by atoms with Gasteiger partial charge in [0.1, 0.15) is 17.2 Å². The molecule has 1 amide bonds. The number of halogens is 4. The number of nitrogen functional groups attached to an aromatic ring is 1. The summed E-state index contributed by atoms with van der Waals surface area (Å²) < 4.78 is 52.5. The van der Waals surface area contributed by atoms with Crippen molar-refractivity contribution in [1.82, 2.24) is 14.7 Å². The molecule has 0 aliphatic rings. The SMILES string of the molecule is Cn1c(CCNC(=O)C(F)(F)F)c(N)c(=O)n1-c1ccccc1F. The molecular weight excluding hydrogens is 332 g/mol. The summed E-state index contributed by atoms with van der Waals surface area (Å²) in [6, 6.07) is 5.50. The molecule has 2 aromatic rings. The van der Waals surface area contributed by atoms with Gasteiger partial charge in [-0.05, 0) is 12.1 Å². The molecule has 3 N–H and O–H groups in total. The summed E-state index contributed by atoms with van der Waals surface area (Å²) in [6.45, 7) is -0.378. The summed E-state index contributed by atoms with van der Waals surface area (Å²) in [5.41, 5.74) is 4.91. The molecule has 10 heteroatoms. The van der Waals surface area contributed by atoms with Crippen LogP contribution in [0, 0.1) is 5.82 Å². The first-order chi connectivity index (χ1) is 11.1. The quantitative estimate of drug-likeness (QED) is 0.814. The Bertz CT molecular complexity index is 823. The van der Waals surface area contributed by atoms with E-state index in [1.807, 2.05) is 0 Å². The highest BCUT2D eigenvalue weighted by Gasteiger charge is 2.38. The molecule has 0 bridgehead atoms. The van der Waals surface area contributed by atoms with E-state index < -0.39 is 23.5 Å². The van der Waals surface area contributed by atoms with E-state index in [1.165, 1.54) is 29.9 Å². The van der Waals surface area contributed by atoms with Gasteiger partial charge in [-0.3, -0.25) is 14.3 Å². The number of hydrogen-bond acceptors (Lipinski definition) is 3. The van der Waals surface area contributed by atoms with Gasteiger partial charge in [-0.2, -0.15) is 13.2 Å². The van der Waals surface area contributed by atoms with Crippen LogP contribution >= 0.6 is 0 Å². The summed E-state index contributed by atoms with van der Waals surface area (Å²) in [4.78, 5) is 23.0. The summed E-state index contributed by atoms with van der Waals surface area (Å²) in [6.07, 6.45) is -5.11. The predicted molar refractivity (Wildman–Crippen MR) is 78.1 cm³/mol. The molecule has 0 saturated carbocycles. The molecule has 0 atom stereocenters. The van der Waals surface area contributed by atoms with Crippen LogP contribution in [0.2, 0.25) is 0 Å². The number of benzene rings is 1. The third-order valence-corrected chi connectivity index (χ3v) is 3.41. The molecule has 0 radical (unpaired) electrons. The van der Waals surface area contributed by atoms with Crippen molar-refractivity contribution in [3.8, 4) is 5.69 Å². The molecule has 1 aromatic carbocycles. The van der Waals surface area contributed by atoms with Crippen LogP contribution in [0.1, 0.15) is 5.69 Å². The maximum absolute atomic E-state index is 13.9. The molecule has 1 heterocycles. The molecule has 24 heavy (non-hydrogen) atoms. The average molecular weight is 346 g/mol. The van der Waals surface area contributed by atoms with Gasteiger partial charge in [0.05, 0.1) is 5.69 Å². The Kier molecular flexibility index (Phi) is 4.67. The Hall–Kier alpha value is -2.78. The van der Waals surface area contributed by atoms with Crippen molar-refractivity contribution in [1.29, 1.82) is 0 Å². The molecular formula is C14H14F4N4O2. The molecule has 0 aliphatic heterocycles. The Morgan fingerprint density at radius 2 is 1.92 bits per heavy atom. The third kappa shape index (κ3) is 3.26. The molecule has 2 rings (SSSR count). The maximum atomic E-state index is 13.9. The fraction of sp³-hybridized carbons (Fsp3) is 0.286. The smallest absolute Gasteiger partial charge is 0.393 e. The van der Waals surface area contributed by atoms with Crippen LogP contribution < -0.4 is 16.6 Å². The van der Waals surface area contributed by atoms with Gasteiger partial charge in [-0.15, -0.1) is 0 Å². The molecule has 0 aliphatic carbocycles. The van der Waals surface area contributed by atoms with Crippen molar-refractivity contribution in [2.24, 2.45) is 7.05 Å². The molecule has 0 fully saturated rings. The number of aromatic nitrogens is 2. The van der Waals surface area contributed by atoms with Crippen molar-refractivity contribution in [2.75, 3.05) is 12.3 Å². The maximum Gasteiger partial charge on any atom is 0.471 e. The van der Waals surface area contributed by atoms with Crippen molar-refractivity contribution in [2.45, 2.75) is 12.6 Å². The summed E-state index contributed by atoms with van der Waals surface area (Å²) in [5.74, 6) is -2.74. The van der Waals surface area contributed by atoms with E-state index in [4.69, 9.17) is 5.73 Å². The summed E-state index contributed by atoms with van der Waals surface area (Å²) in [7, 11) is 1.42. The van der Waals surface area contributed by atoms with Gasteiger partial charge in [0.15, 0.2) is 0 Å². The Morgan fingerprint density at radius 3 is 2.50 bits per heavy atom. The highest BCUT2D eigenvalue weighted by molar-refractivity contribution is 5.81. The zero-order chi connectivity index (χ0) is 18.1. The van der Waals surface area contributed by atoms with Gasteiger partial charge in [0.25, 0.3) is 5.56 Å². The molecule has 0 unspecified atom stereocenters. The van der Waals surface area contributed by atoms with Crippen LogP contribution in [0.5, 0.6) is 0 Å². The lowest BCUT2D eigenvalue weighted by atomic mass is 10.2. The number of carbonyl (C=O) groups is 1. The fourth-order valence-corrected chi connectivity index (χ4v) is 2.25. The topological polar surface area (TPSA) is 82.1 Å². The Morgan fingerprint density at radius 1 is 1.29 bits per heavy atom. The van der Waals surface area contributed by atoms with E-state index in [0.717, 1.165) is 10.7 Å². The number of anilines is 1. The number of nitrogens with two attached hydrogens (primary N) is 1. The van der Waals surface area contributed by atoms with Crippen molar-refractivity contribution < 1.29 is 22.4 Å². The van der Waals surface area contributed by atoms with Crippen molar-refractivity contribution >= 4 is 11.6 Å². The van der Waals surface area contributed by atoms with Gasteiger partial charge in [0.2, 0.25) is 0 Å². The number of nitrogens with zero attached hydrogens (tertiary/aromatic N) is 2. The zero-order valence-corrected chi connectivity index (χ0v) is 12.5. The summed E-state index contributed by atoms with van der Waals surface area (Å²) >= 11 is 0. The predicted octanol–water partition coefficient (Wildman–Crippen LogP) is 1.12. The van der Waals surface area contributed by atoms with Crippen LogP contribution in [-0.4, -0.2) is 28.0 Å². The molecule has 1 aromatic heterocycles. The number of hydrogen-bond donors (Lipinski definition) is 2. The van der Waals surface area contributed by atoms with Crippen LogP contribution in [-0.2, 0) is 18.3 Å². The monoisotopic (exact) mass is 346 g/mol. The van der Waals surface area contributed by atoms with E-state index in [0.29, 0.717) is 0 Å². The first-order valence-electron chi connectivity index (χ1n) is 6.81. The van der Waals surface area contributed by atoms with Gasteiger partial charge in [-0.25, -0.2) is 9.07 Å². The lowest BCUT2D eigenvalue weighted by molar-refractivity contribution is -0.173. The number of rotatable bonds is 4. The number of carbonyl (C=O) groups excluding carboxylic acids is 1. The largest absolute Gasteiger partial charge is 0.471 e. The number of alkyl halides is 3. The minimum Gasteiger partial charge on any atom is -0.393 e. The summed E-state index contributed by atoms with van der Waals surface area (Å²) in [5, 5.41) is 1.69. The van der Waals surface area contributed by atoms with E-state index in [9.17, 15) is 27.2 Å². The molecule has 6 nitrogen and oxygen atoms in total. The van der Waals surface area contributed by atoms with Gasteiger partial charge in [-0.1, -0.05) is 12.1 Å². The van der Waals surface area contributed by atoms with Gasteiger partial charge < -0.3 is 11.1 Å². The fourth-order valence-electron chi connectivity index (χ4n) is 2.25. The number of nitrogens with one attached hydrogen (secondary N) is 1. The van der Waals surface area contributed by atoms with Gasteiger partial charge >= 0.3 is 12.1 Å². The van der Waals surface area contributed by atoms with E-state index in [2.05, 4.69) is 0 Å². The zero-order valence-electron chi connectivity index (χ0n) is 12.5. The van der Waals surface area contributed by atoms with Gasteiger partial charge in [0, 0.05) is 20.0 Å². The Balaban J connectivity index is 2.28. The highest BCUT2D eigenvalue weighted by Crippen LogP contribution is 2.16. The van der Waals surface area contributed by atoms with E-state index in [-0.39, 0.29) is 30.0 Å².